The Balaban J connectivity index is 3.29. The number of nitrogens with two attached hydrogens (primary N) is 1. The summed E-state index contributed by atoms with van der Waals surface area (Å²) in [5.74, 6) is 0. The van der Waals surface area contributed by atoms with E-state index in [-0.39, 0.29) is 0 Å². The van der Waals surface area contributed by atoms with Crippen molar-refractivity contribution >= 4 is 11.4 Å². The summed E-state index contributed by atoms with van der Waals surface area (Å²) in [7, 11) is 1.86. The van der Waals surface area contributed by atoms with Crippen molar-refractivity contribution in [2.24, 2.45) is 0 Å². The normalized spacial score (nSPS) is 9.73. The molecule has 60 valence electrons. The SMILES string of the molecule is CNc1c(N)cnc(C)c1C. The monoisotopic (exact) mass is 151 g/mol. The third-order valence-corrected chi connectivity index (χ3v) is 1.85. The van der Waals surface area contributed by atoms with Gasteiger partial charge in [0.15, 0.2) is 0 Å². The average molecular weight is 151 g/mol. The summed E-state index contributed by atoms with van der Waals surface area (Å²) in [5.41, 5.74) is 9.50. The first kappa shape index (κ1) is 7.85. The molecule has 0 unspecified atom stereocenters. The Kier molecular flexibility index (Phi) is 1.98. The van der Waals surface area contributed by atoms with Crippen LogP contribution < -0.4 is 11.1 Å². The second-order valence-electron chi connectivity index (χ2n) is 2.55. The third kappa shape index (κ3) is 1.27. The van der Waals surface area contributed by atoms with Crippen molar-refractivity contribution in [2.75, 3.05) is 18.1 Å². The van der Waals surface area contributed by atoms with Crippen LogP contribution in [0.15, 0.2) is 6.20 Å². The Bertz CT molecular complexity index is 268. The lowest BCUT2D eigenvalue weighted by atomic mass is 10.2. The number of hydrogen-bond acceptors (Lipinski definition) is 3. The molecule has 1 aromatic rings. The largest absolute Gasteiger partial charge is 0.396 e. The molecule has 11 heavy (non-hydrogen) atoms. The van der Waals surface area contributed by atoms with Gasteiger partial charge in [0.1, 0.15) is 0 Å². The number of aryl methyl sites for hydroxylation is 1. The molecule has 0 saturated carbocycles. The zero-order valence-corrected chi connectivity index (χ0v) is 7.10. The minimum absolute atomic E-state index is 0.704. The lowest BCUT2D eigenvalue weighted by Gasteiger charge is -2.09. The molecular formula is C8H13N3. The zero-order valence-electron chi connectivity index (χ0n) is 7.10. The van der Waals surface area contributed by atoms with Crippen LogP contribution in [-0.4, -0.2) is 12.0 Å². The molecule has 0 atom stereocenters. The molecule has 1 rings (SSSR count). The second-order valence-corrected chi connectivity index (χ2v) is 2.55. The van der Waals surface area contributed by atoms with Crippen molar-refractivity contribution in [2.45, 2.75) is 13.8 Å². The maximum absolute atomic E-state index is 5.68. The highest BCUT2D eigenvalue weighted by Crippen LogP contribution is 2.22. The van der Waals surface area contributed by atoms with Crippen LogP contribution in [0.1, 0.15) is 11.3 Å². The highest BCUT2D eigenvalue weighted by Gasteiger charge is 2.03. The van der Waals surface area contributed by atoms with Crippen LogP contribution >= 0.6 is 0 Å². The van der Waals surface area contributed by atoms with Crippen molar-refractivity contribution < 1.29 is 0 Å². The van der Waals surface area contributed by atoms with Crippen LogP contribution in [0.25, 0.3) is 0 Å². The Morgan fingerprint density at radius 1 is 1.45 bits per heavy atom. The molecule has 3 N–H and O–H groups in total. The van der Waals surface area contributed by atoms with E-state index < -0.39 is 0 Å². The first-order valence-electron chi connectivity index (χ1n) is 3.56. The van der Waals surface area contributed by atoms with E-state index in [4.69, 9.17) is 5.73 Å². The number of nitrogens with zero attached hydrogens (tertiary/aromatic N) is 1. The van der Waals surface area contributed by atoms with Gasteiger partial charge in [0.05, 0.1) is 17.6 Å². The van der Waals surface area contributed by atoms with E-state index in [0.29, 0.717) is 5.69 Å². The van der Waals surface area contributed by atoms with Crippen molar-refractivity contribution in [1.82, 2.24) is 4.98 Å². The van der Waals surface area contributed by atoms with E-state index in [1.165, 1.54) is 0 Å². The smallest absolute Gasteiger partial charge is 0.0739 e. The summed E-state index contributed by atoms with van der Waals surface area (Å²) in [5, 5.41) is 3.04. The van der Waals surface area contributed by atoms with Crippen LogP contribution in [0.4, 0.5) is 11.4 Å². The Morgan fingerprint density at radius 3 is 2.55 bits per heavy atom. The molecular weight excluding hydrogens is 138 g/mol. The first-order valence-corrected chi connectivity index (χ1v) is 3.56. The molecule has 0 saturated heterocycles. The highest BCUT2D eigenvalue weighted by atomic mass is 14.9. The number of pyridine rings is 1. The molecule has 3 nitrogen and oxygen atoms in total. The summed E-state index contributed by atoms with van der Waals surface area (Å²) in [6, 6.07) is 0. The van der Waals surface area contributed by atoms with Gasteiger partial charge in [-0.05, 0) is 19.4 Å². The van der Waals surface area contributed by atoms with Gasteiger partial charge in [-0.3, -0.25) is 4.98 Å². The molecule has 0 fully saturated rings. The predicted molar refractivity (Wildman–Crippen MR) is 47.7 cm³/mol. The van der Waals surface area contributed by atoms with Gasteiger partial charge in [0.2, 0.25) is 0 Å². The molecule has 0 aliphatic heterocycles. The number of nitrogen functional groups attached to an aromatic ring is 1. The van der Waals surface area contributed by atoms with Gasteiger partial charge in [-0.15, -0.1) is 0 Å². The van der Waals surface area contributed by atoms with Crippen LogP contribution in [0.3, 0.4) is 0 Å². The summed E-state index contributed by atoms with van der Waals surface area (Å²) >= 11 is 0. The van der Waals surface area contributed by atoms with Gasteiger partial charge in [-0.1, -0.05) is 0 Å². The predicted octanol–water partition coefficient (Wildman–Crippen LogP) is 1.32. The topological polar surface area (TPSA) is 50.9 Å². The maximum Gasteiger partial charge on any atom is 0.0739 e. The molecule has 0 amide bonds. The van der Waals surface area contributed by atoms with Crippen molar-refractivity contribution in [3.8, 4) is 0 Å². The van der Waals surface area contributed by atoms with Gasteiger partial charge in [0, 0.05) is 12.7 Å². The molecule has 1 heterocycles. The fourth-order valence-electron chi connectivity index (χ4n) is 1.06. The fourth-order valence-corrected chi connectivity index (χ4v) is 1.06. The molecule has 0 aromatic carbocycles. The van der Waals surface area contributed by atoms with Crippen LogP contribution in [-0.2, 0) is 0 Å². The quantitative estimate of drug-likeness (QED) is 0.636. The molecule has 1 aromatic heterocycles. The van der Waals surface area contributed by atoms with E-state index in [2.05, 4.69) is 10.3 Å². The zero-order chi connectivity index (χ0) is 8.43. The maximum atomic E-state index is 5.68. The van der Waals surface area contributed by atoms with E-state index in [0.717, 1.165) is 16.9 Å². The Morgan fingerprint density at radius 2 is 2.09 bits per heavy atom. The highest BCUT2D eigenvalue weighted by molar-refractivity contribution is 5.69. The number of anilines is 2. The summed E-state index contributed by atoms with van der Waals surface area (Å²) in [6.07, 6.45) is 1.67. The lowest BCUT2D eigenvalue weighted by molar-refractivity contribution is 1.15. The van der Waals surface area contributed by atoms with E-state index in [9.17, 15) is 0 Å². The summed E-state index contributed by atoms with van der Waals surface area (Å²) < 4.78 is 0. The van der Waals surface area contributed by atoms with Crippen LogP contribution in [0.2, 0.25) is 0 Å². The summed E-state index contributed by atoms with van der Waals surface area (Å²) in [6.45, 7) is 3.97. The van der Waals surface area contributed by atoms with Gasteiger partial charge < -0.3 is 11.1 Å². The minimum atomic E-state index is 0.704. The second kappa shape index (κ2) is 2.78. The minimum Gasteiger partial charge on any atom is -0.396 e. The molecule has 0 aliphatic carbocycles. The molecule has 3 heteroatoms. The first-order chi connectivity index (χ1) is 5.16. The number of hydrogen-bond donors (Lipinski definition) is 2. The van der Waals surface area contributed by atoms with Crippen molar-refractivity contribution in [3.05, 3.63) is 17.5 Å². The molecule has 0 radical (unpaired) electrons. The van der Waals surface area contributed by atoms with E-state index >= 15 is 0 Å². The average Bonchev–Trinajstić information content (AvgIpc) is 1.99. The third-order valence-electron chi connectivity index (χ3n) is 1.85. The van der Waals surface area contributed by atoms with E-state index in [1.54, 1.807) is 6.20 Å². The van der Waals surface area contributed by atoms with Crippen LogP contribution in [0.5, 0.6) is 0 Å². The Labute approximate surface area is 66.6 Å². The number of rotatable bonds is 1. The van der Waals surface area contributed by atoms with E-state index in [1.807, 2.05) is 20.9 Å². The van der Waals surface area contributed by atoms with Crippen LogP contribution in [0, 0.1) is 13.8 Å². The van der Waals surface area contributed by atoms with Gasteiger partial charge >= 0.3 is 0 Å². The van der Waals surface area contributed by atoms with Crippen molar-refractivity contribution in [3.63, 3.8) is 0 Å². The number of aromatic nitrogens is 1. The lowest BCUT2D eigenvalue weighted by Crippen LogP contribution is -2.01. The summed E-state index contributed by atoms with van der Waals surface area (Å²) in [4.78, 5) is 4.12. The fraction of sp³-hybridized carbons (Fsp3) is 0.375. The van der Waals surface area contributed by atoms with Gasteiger partial charge in [-0.25, -0.2) is 0 Å². The Hall–Kier alpha value is -1.25. The molecule has 0 bridgehead atoms. The van der Waals surface area contributed by atoms with Gasteiger partial charge in [-0.2, -0.15) is 0 Å². The molecule has 0 spiro atoms. The number of nitrogens with one attached hydrogen (secondary N) is 1. The molecule has 0 aliphatic rings. The van der Waals surface area contributed by atoms with Gasteiger partial charge in [0.25, 0.3) is 0 Å². The van der Waals surface area contributed by atoms with Crippen molar-refractivity contribution in [1.29, 1.82) is 0 Å². The standard InChI is InChI=1S/C8H13N3/c1-5-6(2)11-4-7(9)8(5)10-3/h4H,9H2,1-3H3,(H,10,11).